The van der Waals surface area contributed by atoms with Crippen molar-refractivity contribution in [2.45, 2.75) is 10.9 Å². The molecule has 0 spiro atoms. The molecule has 0 aliphatic carbocycles. The molecule has 0 saturated carbocycles. The summed E-state index contributed by atoms with van der Waals surface area (Å²) in [5, 5.41) is 1.77. The highest BCUT2D eigenvalue weighted by Crippen LogP contribution is 2.28. The van der Waals surface area contributed by atoms with Crippen LogP contribution in [-0.2, 0) is 5.75 Å². The summed E-state index contributed by atoms with van der Waals surface area (Å²) in [5.74, 6) is 2.38. The fourth-order valence-electron chi connectivity index (χ4n) is 5.56. The summed E-state index contributed by atoms with van der Waals surface area (Å²) in [5.41, 5.74) is 4.01. The lowest BCUT2D eigenvalue weighted by molar-refractivity contribution is 0.0746. The van der Waals surface area contributed by atoms with E-state index in [1.54, 1.807) is 7.11 Å². The first-order valence-corrected chi connectivity index (χ1v) is 16.4. The highest BCUT2D eigenvalue weighted by atomic mass is 35.5. The van der Waals surface area contributed by atoms with Gasteiger partial charge in [-0.15, -0.1) is 0 Å². The second-order valence-electron chi connectivity index (χ2n) is 10.8. The normalized spacial score (nSPS) is 15.4. The Hall–Kier alpha value is -3.66. The van der Waals surface area contributed by atoms with Crippen molar-refractivity contribution in [1.29, 1.82) is 0 Å². The third-order valence-corrected chi connectivity index (χ3v) is 9.33. The van der Waals surface area contributed by atoms with E-state index in [1.807, 2.05) is 65.6 Å². The van der Waals surface area contributed by atoms with Gasteiger partial charge >= 0.3 is 0 Å². The first kappa shape index (κ1) is 30.4. The number of nitrogens with zero attached hydrogens (tertiary/aromatic N) is 6. The molecule has 3 heterocycles. The van der Waals surface area contributed by atoms with Crippen LogP contribution < -0.4 is 19.4 Å². The van der Waals surface area contributed by atoms with Crippen LogP contribution in [0.25, 0.3) is 0 Å². The van der Waals surface area contributed by atoms with Crippen LogP contribution in [0.3, 0.4) is 0 Å². The second kappa shape index (κ2) is 14.0. The molecule has 4 aromatic rings. The molecule has 11 heteroatoms. The second-order valence-corrected chi connectivity index (χ2v) is 12.5. The zero-order chi connectivity index (χ0) is 30.5. The Balaban J connectivity index is 1.03. The van der Waals surface area contributed by atoms with Gasteiger partial charge in [0, 0.05) is 86.1 Å². The van der Waals surface area contributed by atoms with Crippen LogP contribution in [0.4, 0.5) is 17.2 Å². The summed E-state index contributed by atoms with van der Waals surface area (Å²) >= 11 is 14.1. The van der Waals surface area contributed by atoms with Crippen molar-refractivity contribution in [3.63, 3.8) is 0 Å². The number of carbonyl (C=O) groups is 1. The number of hydrogen-bond acceptors (Lipinski definition) is 8. The Morgan fingerprint density at radius 2 is 1.45 bits per heavy atom. The van der Waals surface area contributed by atoms with Gasteiger partial charge in [0.1, 0.15) is 16.7 Å². The summed E-state index contributed by atoms with van der Waals surface area (Å²) in [6.45, 7) is 6.30. The van der Waals surface area contributed by atoms with Crippen LogP contribution in [0.2, 0.25) is 10.2 Å². The number of piperazine rings is 2. The van der Waals surface area contributed by atoms with E-state index < -0.39 is 0 Å². The first-order chi connectivity index (χ1) is 21.4. The maximum atomic E-state index is 13.4. The quantitative estimate of drug-likeness (QED) is 0.124. The molecule has 0 unspecified atom stereocenters. The number of amides is 1. The van der Waals surface area contributed by atoms with E-state index >= 15 is 0 Å². The van der Waals surface area contributed by atoms with Crippen molar-refractivity contribution in [3.05, 3.63) is 100 Å². The van der Waals surface area contributed by atoms with E-state index in [4.69, 9.17) is 32.9 Å². The van der Waals surface area contributed by atoms with E-state index in [9.17, 15) is 4.79 Å². The lowest BCUT2D eigenvalue weighted by atomic mass is 10.1. The van der Waals surface area contributed by atoms with Crippen LogP contribution in [0.15, 0.2) is 84.0 Å². The minimum atomic E-state index is 0.0534. The van der Waals surface area contributed by atoms with Crippen LogP contribution in [-0.4, -0.2) is 80.2 Å². The summed E-state index contributed by atoms with van der Waals surface area (Å²) < 4.78 is 5.29. The number of methoxy groups -OCH3 is 1. The van der Waals surface area contributed by atoms with E-state index in [0.717, 1.165) is 67.1 Å². The largest absolute Gasteiger partial charge is 0.497 e. The lowest BCUT2D eigenvalue weighted by Crippen LogP contribution is -2.48. The fourth-order valence-corrected chi connectivity index (χ4v) is 6.77. The molecule has 6 rings (SSSR count). The molecule has 2 aliphatic rings. The molecule has 2 aliphatic heterocycles. The minimum absolute atomic E-state index is 0.0534. The smallest absolute Gasteiger partial charge is 0.253 e. The number of thioether (sulfide) groups is 1. The number of benzene rings is 3. The monoisotopic (exact) mass is 648 g/mol. The fraction of sp³-hybridized carbons (Fsp3) is 0.303. The molecular formula is C33H34Cl2N6O2S. The van der Waals surface area contributed by atoms with Crippen molar-refractivity contribution in [1.82, 2.24) is 14.9 Å². The lowest BCUT2D eigenvalue weighted by Gasteiger charge is -2.36. The van der Waals surface area contributed by atoms with E-state index in [2.05, 4.69) is 37.9 Å². The number of rotatable bonds is 8. The predicted molar refractivity (Wildman–Crippen MR) is 180 cm³/mol. The van der Waals surface area contributed by atoms with Crippen molar-refractivity contribution in [2.75, 3.05) is 74.2 Å². The molecule has 0 radical (unpaired) electrons. The Kier molecular flexibility index (Phi) is 9.64. The van der Waals surface area contributed by atoms with Crippen molar-refractivity contribution >= 4 is 58.1 Å². The number of carbonyl (C=O) groups excluding carboxylic acids is 1. The third-order valence-electron chi connectivity index (χ3n) is 7.98. The topological polar surface area (TPSA) is 65.0 Å². The molecule has 0 N–H and O–H groups in total. The number of hydrogen-bond donors (Lipinski definition) is 0. The molecule has 1 amide bonds. The van der Waals surface area contributed by atoms with Crippen LogP contribution in [0, 0.1) is 0 Å². The average Bonchev–Trinajstić information content (AvgIpc) is 3.07. The van der Waals surface area contributed by atoms with Gasteiger partial charge in [-0.2, -0.15) is 0 Å². The molecular weight excluding hydrogens is 615 g/mol. The SMILES string of the molecule is COc1ccc(N2CCN(c3cc(Cl)nc(SCc4cccc(C(=O)N5CCN(c6cccc(Cl)c6)CC5)c4)n3)CC2)cc1. The number of halogens is 2. The number of anilines is 3. The Morgan fingerprint density at radius 3 is 2.18 bits per heavy atom. The van der Waals surface area contributed by atoms with Gasteiger partial charge in [-0.1, -0.05) is 53.2 Å². The van der Waals surface area contributed by atoms with Gasteiger partial charge in [-0.3, -0.25) is 4.79 Å². The molecule has 0 bridgehead atoms. The molecule has 2 saturated heterocycles. The molecule has 0 atom stereocenters. The van der Waals surface area contributed by atoms with E-state index in [0.29, 0.717) is 34.7 Å². The Labute approximate surface area is 272 Å². The van der Waals surface area contributed by atoms with Crippen molar-refractivity contribution in [2.24, 2.45) is 0 Å². The molecule has 3 aromatic carbocycles. The highest BCUT2D eigenvalue weighted by molar-refractivity contribution is 7.98. The zero-order valence-electron chi connectivity index (χ0n) is 24.5. The Morgan fingerprint density at radius 1 is 0.773 bits per heavy atom. The van der Waals surface area contributed by atoms with Gasteiger partial charge in [0.15, 0.2) is 5.16 Å². The highest BCUT2D eigenvalue weighted by Gasteiger charge is 2.23. The molecule has 1 aromatic heterocycles. The molecule has 8 nitrogen and oxygen atoms in total. The third kappa shape index (κ3) is 7.34. The van der Waals surface area contributed by atoms with Gasteiger partial charge in [0.2, 0.25) is 0 Å². The zero-order valence-corrected chi connectivity index (χ0v) is 26.9. The number of ether oxygens (including phenoxy) is 1. The average molecular weight is 650 g/mol. The van der Waals surface area contributed by atoms with Crippen LogP contribution in [0.1, 0.15) is 15.9 Å². The van der Waals surface area contributed by atoms with Crippen LogP contribution >= 0.6 is 35.0 Å². The minimum Gasteiger partial charge on any atom is -0.497 e. The molecule has 2 fully saturated rings. The first-order valence-electron chi connectivity index (χ1n) is 14.7. The summed E-state index contributed by atoms with van der Waals surface area (Å²) in [6.07, 6.45) is 0. The van der Waals surface area contributed by atoms with Crippen molar-refractivity contribution in [3.8, 4) is 5.75 Å². The van der Waals surface area contributed by atoms with Gasteiger partial charge in [0.05, 0.1) is 7.11 Å². The van der Waals surface area contributed by atoms with Gasteiger partial charge in [-0.25, -0.2) is 9.97 Å². The molecule has 228 valence electrons. The van der Waals surface area contributed by atoms with E-state index in [-0.39, 0.29) is 5.91 Å². The summed E-state index contributed by atoms with van der Waals surface area (Å²) in [7, 11) is 1.68. The predicted octanol–water partition coefficient (Wildman–Crippen LogP) is 6.37. The number of aromatic nitrogens is 2. The van der Waals surface area contributed by atoms with E-state index in [1.165, 1.54) is 17.4 Å². The molecule has 44 heavy (non-hydrogen) atoms. The van der Waals surface area contributed by atoms with Gasteiger partial charge < -0.3 is 24.3 Å². The van der Waals surface area contributed by atoms with Crippen molar-refractivity contribution < 1.29 is 9.53 Å². The Bertz CT molecular complexity index is 1590. The standard InChI is InChI=1S/C33H34Cl2N6O2S/c1-43-29-10-8-27(9-11-29)38-12-16-40(17-13-38)31-22-30(35)36-33(37-31)44-23-24-4-2-5-25(20-24)32(42)41-18-14-39(15-19-41)28-7-3-6-26(34)21-28/h2-11,20-22H,12-19,23H2,1H3. The summed E-state index contributed by atoms with van der Waals surface area (Å²) in [4.78, 5) is 31.5. The van der Waals surface area contributed by atoms with Crippen LogP contribution in [0.5, 0.6) is 5.75 Å². The van der Waals surface area contributed by atoms with Gasteiger partial charge in [-0.05, 0) is 60.2 Å². The maximum Gasteiger partial charge on any atom is 0.253 e. The maximum absolute atomic E-state index is 13.4. The van der Waals surface area contributed by atoms with Gasteiger partial charge in [0.25, 0.3) is 5.91 Å². The summed E-state index contributed by atoms with van der Waals surface area (Å²) in [6, 6.07) is 25.7.